The van der Waals surface area contributed by atoms with Crippen molar-refractivity contribution >= 4 is 11.9 Å². The fourth-order valence-electron chi connectivity index (χ4n) is 2.77. The van der Waals surface area contributed by atoms with Crippen LogP contribution in [-0.4, -0.2) is 49.5 Å². The maximum Gasteiger partial charge on any atom is 0.320 e. The summed E-state index contributed by atoms with van der Waals surface area (Å²) in [4.78, 5) is 27.3. The van der Waals surface area contributed by atoms with E-state index in [4.69, 9.17) is 5.11 Å². The number of carbonyl (C=O) groups excluding carboxylic acids is 1. The van der Waals surface area contributed by atoms with E-state index >= 15 is 0 Å². The molecular formula is C16H20N6O3. The molecule has 9 nitrogen and oxygen atoms in total. The zero-order chi connectivity index (χ0) is 18.0. The molecule has 2 aromatic heterocycles. The van der Waals surface area contributed by atoms with Crippen LogP contribution in [0.2, 0.25) is 0 Å². The maximum atomic E-state index is 12.3. The number of nitrogens with one attached hydrogen (secondary N) is 2. The van der Waals surface area contributed by atoms with Gasteiger partial charge >= 0.3 is 5.97 Å². The Balaban J connectivity index is 1.70. The molecule has 1 saturated heterocycles. The molecule has 2 aromatic rings. The standard InChI is InChI=1S/C16H20N6O3/c1-16(2,19-14(23)10-3-5-17-6-4-10)13-9-22(21-20-13)11-7-12(15(24)25)18-8-11/h3-6,9,11-12,18H,7-8H2,1-2H3,(H,19,23)(H,24,25)/t11-,12-/m0/s1. The molecule has 0 saturated carbocycles. The van der Waals surface area contributed by atoms with Crippen LogP contribution >= 0.6 is 0 Å². The van der Waals surface area contributed by atoms with Gasteiger partial charge in [-0.1, -0.05) is 5.21 Å². The van der Waals surface area contributed by atoms with Crippen LogP contribution in [-0.2, 0) is 10.3 Å². The van der Waals surface area contributed by atoms with Gasteiger partial charge in [-0.25, -0.2) is 4.68 Å². The van der Waals surface area contributed by atoms with Crippen molar-refractivity contribution < 1.29 is 14.7 Å². The van der Waals surface area contributed by atoms with Crippen LogP contribution in [0.25, 0.3) is 0 Å². The van der Waals surface area contributed by atoms with Crippen molar-refractivity contribution in [2.24, 2.45) is 0 Å². The van der Waals surface area contributed by atoms with Crippen molar-refractivity contribution in [2.45, 2.75) is 37.9 Å². The third-order valence-electron chi connectivity index (χ3n) is 4.30. The molecule has 1 fully saturated rings. The van der Waals surface area contributed by atoms with Crippen LogP contribution in [0.3, 0.4) is 0 Å². The van der Waals surface area contributed by atoms with E-state index in [0.717, 1.165) is 0 Å². The Bertz CT molecular complexity index is 773. The van der Waals surface area contributed by atoms with Gasteiger partial charge in [-0.15, -0.1) is 5.10 Å². The number of pyridine rings is 1. The van der Waals surface area contributed by atoms with Crippen molar-refractivity contribution in [3.8, 4) is 0 Å². The van der Waals surface area contributed by atoms with E-state index in [1.54, 1.807) is 35.4 Å². The number of carboxylic acid groups (broad SMARTS) is 1. The first-order chi connectivity index (χ1) is 11.9. The van der Waals surface area contributed by atoms with Crippen LogP contribution in [0.15, 0.2) is 30.7 Å². The highest BCUT2D eigenvalue weighted by Crippen LogP contribution is 2.23. The molecule has 9 heteroatoms. The normalized spacial score (nSPS) is 20.4. The second kappa shape index (κ2) is 6.60. The number of nitrogens with zero attached hydrogens (tertiary/aromatic N) is 4. The third-order valence-corrected chi connectivity index (χ3v) is 4.30. The number of carbonyl (C=O) groups is 2. The summed E-state index contributed by atoms with van der Waals surface area (Å²) in [5, 5.41) is 23.2. The molecule has 3 rings (SSSR count). The Morgan fingerprint density at radius 2 is 2.08 bits per heavy atom. The summed E-state index contributed by atoms with van der Waals surface area (Å²) in [5.41, 5.74) is 0.394. The van der Waals surface area contributed by atoms with Gasteiger partial charge in [0.25, 0.3) is 5.91 Å². The number of aromatic nitrogens is 4. The minimum absolute atomic E-state index is 0.0750. The molecule has 0 aliphatic carbocycles. The van der Waals surface area contributed by atoms with E-state index in [-0.39, 0.29) is 11.9 Å². The average Bonchev–Trinajstić information content (AvgIpc) is 3.24. The molecule has 1 aliphatic heterocycles. The summed E-state index contributed by atoms with van der Waals surface area (Å²) < 4.78 is 1.66. The van der Waals surface area contributed by atoms with Crippen molar-refractivity contribution in [1.82, 2.24) is 30.6 Å². The smallest absolute Gasteiger partial charge is 0.320 e. The van der Waals surface area contributed by atoms with Crippen LogP contribution in [0.5, 0.6) is 0 Å². The van der Waals surface area contributed by atoms with E-state index in [1.165, 1.54) is 0 Å². The monoisotopic (exact) mass is 344 g/mol. The van der Waals surface area contributed by atoms with Crippen LogP contribution in [0, 0.1) is 0 Å². The first-order valence-electron chi connectivity index (χ1n) is 7.98. The third kappa shape index (κ3) is 3.66. The fourth-order valence-corrected chi connectivity index (χ4v) is 2.77. The summed E-state index contributed by atoms with van der Waals surface area (Å²) >= 11 is 0. The van der Waals surface area contributed by atoms with Gasteiger partial charge in [0, 0.05) is 24.5 Å². The Labute approximate surface area is 144 Å². The lowest BCUT2D eigenvalue weighted by atomic mass is 10.0. The number of aliphatic carboxylic acids is 1. The number of amides is 1. The summed E-state index contributed by atoms with van der Waals surface area (Å²) in [7, 11) is 0. The first kappa shape index (κ1) is 17.0. The van der Waals surface area contributed by atoms with E-state index in [0.29, 0.717) is 24.2 Å². The highest BCUT2D eigenvalue weighted by atomic mass is 16.4. The van der Waals surface area contributed by atoms with E-state index in [1.807, 2.05) is 13.8 Å². The molecule has 3 heterocycles. The molecule has 0 aromatic carbocycles. The summed E-state index contributed by atoms with van der Waals surface area (Å²) in [6.45, 7) is 4.20. The highest BCUT2D eigenvalue weighted by Gasteiger charge is 2.33. The predicted octanol–water partition coefficient (Wildman–Crippen LogP) is 0.326. The lowest BCUT2D eigenvalue weighted by Gasteiger charge is -2.23. The van der Waals surface area contributed by atoms with Gasteiger partial charge < -0.3 is 15.7 Å². The van der Waals surface area contributed by atoms with Crippen LogP contribution in [0.1, 0.15) is 42.4 Å². The largest absolute Gasteiger partial charge is 0.480 e. The average molecular weight is 344 g/mol. The SMILES string of the molecule is CC(C)(NC(=O)c1ccncc1)c1cn([C@@H]2CN[C@H](C(=O)O)C2)nn1. The molecule has 0 radical (unpaired) electrons. The van der Waals surface area contributed by atoms with Gasteiger partial charge in [0.2, 0.25) is 0 Å². The lowest BCUT2D eigenvalue weighted by Crippen LogP contribution is -2.41. The first-order valence-corrected chi connectivity index (χ1v) is 7.98. The molecule has 0 bridgehead atoms. The number of hydrogen-bond donors (Lipinski definition) is 3. The fraction of sp³-hybridized carbons (Fsp3) is 0.438. The molecule has 0 spiro atoms. The number of carboxylic acids is 1. The van der Waals surface area contributed by atoms with Gasteiger partial charge in [0.1, 0.15) is 11.7 Å². The van der Waals surface area contributed by atoms with Crippen molar-refractivity contribution in [3.63, 3.8) is 0 Å². The van der Waals surface area contributed by atoms with E-state index in [2.05, 4.69) is 25.9 Å². The molecule has 3 N–H and O–H groups in total. The second-order valence-corrected chi connectivity index (χ2v) is 6.59. The van der Waals surface area contributed by atoms with Crippen molar-refractivity contribution in [1.29, 1.82) is 0 Å². The molecule has 132 valence electrons. The van der Waals surface area contributed by atoms with Gasteiger partial charge in [0.15, 0.2) is 0 Å². The van der Waals surface area contributed by atoms with Gasteiger partial charge in [-0.2, -0.15) is 0 Å². The highest BCUT2D eigenvalue weighted by molar-refractivity contribution is 5.94. The Morgan fingerprint density at radius 1 is 1.36 bits per heavy atom. The summed E-state index contributed by atoms with van der Waals surface area (Å²) in [5.74, 6) is -1.09. The Hall–Kier alpha value is -2.81. The van der Waals surface area contributed by atoms with E-state index in [9.17, 15) is 9.59 Å². The molecule has 1 amide bonds. The quantitative estimate of drug-likeness (QED) is 0.714. The zero-order valence-electron chi connectivity index (χ0n) is 14.0. The second-order valence-electron chi connectivity index (χ2n) is 6.59. The molecule has 1 aliphatic rings. The van der Waals surface area contributed by atoms with Gasteiger partial charge in [-0.05, 0) is 32.4 Å². The number of hydrogen-bond acceptors (Lipinski definition) is 6. The minimum atomic E-state index is -0.868. The van der Waals surface area contributed by atoms with Crippen LogP contribution in [0.4, 0.5) is 0 Å². The minimum Gasteiger partial charge on any atom is -0.480 e. The predicted molar refractivity (Wildman–Crippen MR) is 87.8 cm³/mol. The van der Waals surface area contributed by atoms with Gasteiger partial charge in [-0.3, -0.25) is 14.6 Å². The Morgan fingerprint density at radius 3 is 2.72 bits per heavy atom. The summed E-state index contributed by atoms with van der Waals surface area (Å²) in [6, 6.07) is 2.63. The lowest BCUT2D eigenvalue weighted by molar-refractivity contribution is -0.139. The topological polar surface area (TPSA) is 122 Å². The molecule has 25 heavy (non-hydrogen) atoms. The zero-order valence-corrected chi connectivity index (χ0v) is 14.0. The molecular weight excluding hydrogens is 324 g/mol. The van der Waals surface area contributed by atoms with Crippen molar-refractivity contribution in [3.05, 3.63) is 42.0 Å². The maximum absolute atomic E-state index is 12.3. The van der Waals surface area contributed by atoms with Gasteiger partial charge in [0.05, 0.1) is 17.8 Å². The number of rotatable bonds is 5. The van der Waals surface area contributed by atoms with E-state index < -0.39 is 17.6 Å². The van der Waals surface area contributed by atoms with Crippen LogP contribution < -0.4 is 10.6 Å². The molecule has 0 unspecified atom stereocenters. The Kier molecular flexibility index (Phi) is 4.49. The summed E-state index contributed by atoms with van der Waals surface area (Å²) in [6.07, 6.45) is 5.32. The molecule has 2 atom stereocenters. The van der Waals surface area contributed by atoms with Crippen molar-refractivity contribution in [2.75, 3.05) is 6.54 Å².